The van der Waals surface area contributed by atoms with Crippen molar-refractivity contribution in [3.05, 3.63) is 33.3 Å². The lowest BCUT2D eigenvalue weighted by molar-refractivity contribution is -0.137. The van der Waals surface area contributed by atoms with E-state index in [9.17, 15) is 9.59 Å². The summed E-state index contributed by atoms with van der Waals surface area (Å²) in [7, 11) is 0. The molecule has 1 aromatic carbocycles. The molecular formula is C14H17BrClNO4. The van der Waals surface area contributed by atoms with Crippen LogP contribution in [-0.4, -0.2) is 22.8 Å². The Hall–Kier alpha value is -1.27. The highest BCUT2D eigenvalue weighted by atomic mass is 79.9. The van der Waals surface area contributed by atoms with Gasteiger partial charge in [0.1, 0.15) is 5.60 Å². The Morgan fingerprint density at radius 1 is 1.43 bits per heavy atom. The fourth-order valence-corrected chi connectivity index (χ4v) is 2.61. The number of carbonyl (C=O) groups excluding carboxylic acids is 1. The van der Waals surface area contributed by atoms with E-state index in [4.69, 9.17) is 21.4 Å². The van der Waals surface area contributed by atoms with Gasteiger partial charge in [-0.1, -0.05) is 33.6 Å². The van der Waals surface area contributed by atoms with Gasteiger partial charge in [-0.25, -0.2) is 4.79 Å². The van der Waals surface area contributed by atoms with Crippen molar-refractivity contribution in [2.75, 3.05) is 0 Å². The van der Waals surface area contributed by atoms with Gasteiger partial charge in [0, 0.05) is 9.50 Å². The molecule has 0 saturated heterocycles. The molecule has 0 aliphatic heterocycles. The van der Waals surface area contributed by atoms with E-state index in [1.807, 2.05) is 0 Å². The highest BCUT2D eigenvalue weighted by Crippen LogP contribution is 2.28. The van der Waals surface area contributed by atoms with Gasteiger partial charge in [-0.3, -0.25) is 4.79 Å². The Morgan fingerprint density at radius 3 is 2.52 bits per heavy atom. The van der Waals surface area contributed by atoms with Crippen LogP contribution < -0.4 is 5.32 Å². The molecular weight excluding hydrogens is 362 g/mol. The molecule has 1 rings (SSSR count). The predicted octanol–water partition coefficient (Wildman–Crippen LogP) is 4.14. The molecule has 0 radical (unpaired) electrons. The van der Waals surface area contributed by atoms with Crippen LogP contribution >= 0.6 is 27.5 Å². The van der Waals surface area contributed by atoms with E-state index in [-0.39, 0.29) is 6.42 Å². The Labute approximate surface area is 136 Å². The molecule has 0 spiro atoms. The third-order valence-corrected chi connectivity index (χ3v) is 3.33. The predicted molar refractivity (Wildman–Crippen MR) is 83.5 cm³/mol. The molecule has 0 bridgehead atoms. The van der Waals surface area contributed by atoms with E-state index >= 15 is 0 Å². The minimum atomic E-state index is -1.03. The summed E-state index contributed by atoms with van der Waals surface area (Å²) in [6, 6.07) is 4.22. The van der Waals surface area contributed by atoms with E-state index in [1.54, 1.807) is 39.0 Å². The number of carbonyl (C=O) groups is 2. The molecule has 0 aromatic heterocycles. The van der Waals surface area contributed by atoms with E-state index < -0.39 is 23.7 Å². The first-order valence-corrected chi connectivity index (χ1v) is 7.42. The quantitative estimate of drug-likeness (QED) is 0.825. The number of ether oxygens (including phenoxy) is 1. The van der Waals surface area contributed by atoms with E-state index in [0.29, 0.717) is 15.1 Å². The maximum Gasteiger partial charge on any atom is 0.408 e. The lowest BCUT2D eigenvalue weighted by Gasteiger charge is -2.23. The van der Waals surface area contributed by atoms with Crippen LogP contribution in [0.25, 0.3) is 0 Å². The van der Waals surface area contributed by atoms with Gasteiger partial charge in [-0.15, -0.1) is 0 Å². The lowest BCUT2D eigenvalue weighted by Crippen LogP contribution is -2.35. The number of hydrogen-bond acceptors (Lipinski definition) is 3. The molecule has 1 amide bonds. The van der Waals surface area contributed by atoms with Crippen LogP contribution in [0.1, 0.15) is 38.8 Å². The van der Waals surface area contributed by atoms with Gasteiger partial charge in [0.05, 0.1) is 12.5 Å². The summed E-state index contributed by atoms with van der Waals surface area (Å²) in [4.78, 5) is 22.8. The number of amides is 1. The van der Waals surface area contributed by atoms with Gasteiger partial charge in [0.25, 0.3) is 0 Å². The number of carboxylic acid groups (broad SMARTS) is 1. The van der Waals surface area contributed by atoms with Crippen molar-refractivity contribution in [2.45, 2.75) is 38.8 Å². The number of alkyl carbamates (subject to hydrolysis) is 1. The van der Waals surface area contributed by atoms with Crippen LogP contribution in [0.3, 0.4) is 0 Å². The van der Waals surface area contributed by atoms with Gasteiger partial charge in [0.15, 0.2) is 0 Å². The van der Waals surface area contributed by atoms with Crippen molar-refractivity contribution in [2.24, 2.45) is 0 Å². The van der Waals surface area contributed by atoms with Crippen LogP contribution in [0.5, 0.6) is 0 Å². The maximum atomic E-state index is 11.8. The summed E-state index contributed by atoms with van der Waals surface area (Å²) in [6.07, 6.45) is -0.935. The second kappa shape index (κ2) is 7.13. The lowest BCUT2D eigenvalue weighted by atomic mass is 10.0. The summed E-state index contributed by atoms with van der Waals surface area (Å²) in [5.74, 6) is -1.03. The van der Waals surface area contributed by atoms with Crippen molar-refractivity contribution >= 4 is 39.6 Å². The first-order chi connectivity index (χ1) is 9.58. The zero-order valence-electron chi connectivity index (χ0n) is 11.9. The largest absolute Gasteiger partial charge is 0.481 e. The van der Waals surface area contributed by atoms with Crippen LogP contribution in [0.15, 0.2) is 22.7 Å². The number of carboxylic acids is 1. The molecule has 0 unspecified atom stereocenters. The Balaban J connectivity index is 2.95. The van der Waals surface area contributed by atoms with Gasteiger partial charge in [-0.2, -0.15) is 0 Å². The smallest absolute Gasteiger partial charge is 0.408 e. The molecule has 7 heteroatoms. The number of aliphatic carboxylic acids is 1. The Morgan fingerprint density at radius 2 is 2.05 bits per heavy atom. The van der Waals surface area contributed by atoms with Gasteiger partial charge in [0.2, 0.25) is 0 Å². The molecule has 2 N–H and O–H groups in total. The minimum absolute atomic E-state index is 0.264. The highest BCUT2D eigenvalue weighted by molar-refractivity contribution is 9.10. The van der Waals surface area contributed by atoms with Crippen molar-refractivity contribution in [3.8, 4) is 0 Å². The molecule has 1 aromatic rings. The monoisotopic (exact) mass is 377 g/mol. The molecule has 0 saturated carbocycles. The molecule has 116 valence electrons. The minimum Gasteiger partial charge on any atom is -0.481 e. The highest BCUT2D eigenvalue weighted by Gasteiger charge is 2.23. The molecule has 0 aliphatic rings. The van der Waals surface area contributed by atoms with Crippen molar-refractivity contribution in [3.63, 3.8) is 0 Å². The SMILES string of the molecule is CC(C)(C)OC(=O)N[C@@H](CC(=O)O)c1ccc(Cl)cc1Br. The second-order valence-corrected chi connectivity index (χ2v) is 6.75. The second-order valence-electron chi connectivity index (χ2n) is 5.46. The van der Waals surface area contributed by atoms with Gasteiger partial charge >= 0.3 is 12.1 Å². The van der Waals surface area contributed by atoms with Crippen LogP contribution in [0.2, 0.25) is 5.02 Å². The summed E-state index contributed by atoms with van der Waals surface area (Å²) in [5.41, 5.74) is -0.0395. The topological polar surface area (TPSA) is 75.6 Å². The summed E-state index contributed by atoms with van der Waals surface area (Å²) in [6.45, 7) is 5.20. The zero-order chi connectivity index (χ0) is 16.2. The third kappa shape index (κ3) is 6.35. The van der Waals surface area contributed by atoms with Crippen molar-refractivity contribution in [1.29, 1.82) is 0 Å². The summed E-state index contributed by atoms with van der Waals surface area (Å²) >= 11 is 9.18. The number of nitrogens with one attached hydrogen (secondary N) is 1. The maximum absolute atomic E-state index is 11.8. The fourth-order valence-electron chi connectivity index (χ4n) is 1.65. The third-order valence-electron chi connectivity index (χ3n) is 2.41. The van der Waals surface area contributed by atoms with E-state index in [0.717, 1.165) is 0 Å². The molecule has 0 fully saturated rings. The van der Waals surface area contributed by atoms with Gasteiger partial charge in [-0.05, 0) is 38.5 Å². The molecule has 0 heterocycles. The summed E-state index contributed by atoms with van der Waals surface area (Å²) in [5, 5.41) is 12.1. The number of halogens is 2. The first kappa shape index (κ1) is 17.8. The first-order valence-electron chi connectivity index (χ1n) is 6.25. The summed E-state index contributed by atoms with van der Waals surface area (Å²) < 4.78 is 5.77. The number of rotatable bonds is 4. The molecule has 0 aliphatic carbocycles. The average molecular weight is 379 g/mol. The molecule has 21 heavy (non-hydrogen) atoms. The van der Waals surface area contributed by atoms with Crippen molar-refractivity contribution < 1.29 is 19.4 Å². The van der Waals surface area contributed by atoms with Crippen molar-refractivity contribution in [1.82, 2.24) is 5.32 Å². The molecule has 5 nitrogen and oxygen atoms in total. The molecule has 1 atom stereocenters. The number of benzene rings is 1. The van der Waals surface area contributed by atoms with Crippen LogP contribution in [0.4, 0.5) is 4.79 Å². The number of hydrogen-bond donors (Lipinski definition) is 2. The van der Waals surface area contributed by atoms with Crippen LogP contribution in [0, 0.1) is 0 Å². The average Bonchev–Trinajstić information content (AvgIpc) is 2.24. The van der Waals surface area contributed by atoms with Gasteiger partial charge < -0.3 is 15.2 Å². The van der Waals surface area contributed by atoms with E-state index in [2.05, 4.69) is 21.2 Å². The van der Waals surface area contributed by atoms with E-state index in [1.165, 1.54) is 0 Å². The normalized spacial score (nSPS) is 12.6. The Bertz CT molecular complexity index is 542. The fraction of sp³-hybridized carbons (Fsp3) is 0.429. The van der Waals surface area contributed by atoms with Crippen LogP contribution in [-0.2, 0) is 9.53 Å². The zero-order valence-corrected chi connectivity index (χ0v) is 14.3. The Kier molecular flexibility index (Phi) is 6.04. The standard InChI is InChI=1S/C14H17BrClNO4/c1-14(2,3)21-13(20)17-11(7-12(18)19)9-5-4-8(16)6-10(9)15/h4-6,11H,7H2,1-3H3,(H,17,20)(H,18,19)/t11-/m0/s1.